The number of allylic oxidation sites excluding steroid dienone is 1. The van der Waals surface area contributed by atoms with Gasteiger partial charge in [0.2, 0.25) is 5.95 Å². The van der Waals surface area contributed by atoms with Crippen molar-refractivity contribution in [2.24, 2.45) is 4.99 Å². The zero-order valence-corrected chi connectivity index (χ0v) is 16.9. The number of pyridine rings is 1. The second kappa shape index (κ2) is 8.58. The van der Waals surface area contributed by atoms with E-state index < -0.39 is 29.8 Å². The molecule has 32 heavy (non-hydrogen) atoms. The van der Waals surface area contributed by atoms with Crippen molar-refractivity contribution in [1.29, 1.82) is 0 Å². The van der Waals surface area contributed by atoms with Crippen molar-refractivity contribution < 1.29 is 22.7 Å². The van der Waals surface area contributed by atoms with Gasteiger partial charge in [0.05, 0.1) is 5.52 Å². The normalized spacial score (nSPS) is 17.7. The van der Waals surface area contributed by atoms with Crippen LogP contribution in [0.3, 0.4) is 0 Å². The zero-order valence-electron chi connectivity index (χ0n) is 16.9. The van der Waals surface area contributed by atoms with Gasteiger partial charge in [-0.1, -0.05) is 12.1 Å². The Labute approximate surface area is 180 Å². The molecule has 11 heteroatoms. The van der Waals surface area contributed by atoms with Gasteiger partial charge in [-0.15, -0.1) is 0 Å². The fraction of sp³-hybridized carbons (Fsp3) is 0.286. The molecule has 0 saturated carbocycles. The molecular weight excluding hydrogens is 428 g/mol. The lowest BCUT2D eigenvalue weighted by atomic mass is 9.96. The number of aromatic nitrogens is 4. The fourth-order valence-corrected chi connectivity index (χ4v) is 3.23. The molecule has 1 unspecified atom stereocenters. The average molecular weight is 446 g/mol. The van der Waals surface area contributed by atoms with Gasteiger partial charge in [0.25, 0.3) is 5.95 Å². The van der Waals surface area contributed by atoms with E-state index in [1.165, 1.54) is 0 Å². The molecule has 0 bridgehead atoms. The number of aliphatic hydroxyl groups is 1. The minimum Gasteiger partial charge on any atom is -0.386 e. The van der Waals surface area contributed by atoms with Crippen LogP contribution in [0.2, 0.25) is 0 Å². The summed E-state index contributed by atoms with van der Waals surface area (Å²) in [4.78, 5) is 19.7. The Kier molecular flexibility index (Phi) is 5.83. The number of nitrogens with zero attached hydrogens (tertiary/aromatic N) is 5. The maximum Gasteiger partial charge on any atom is 0.429 e. The van der Waals surface area contributed by atoms with Gasteiger partial charge in [0, 0.05) is 22.8 Å². The molecule has 1 aromatic carbocycles. The van der Waals surface area contributed by atoms with Gasteiger partial charge >= 0.3 is 6.18 Å². The third-order valence-corrected chi connectivity index (χ3v) is 4.92. The van der Waals surface area contributed by atoms with Crippen LogP contribution in [0.15, 0.2) is 47.3 Å². The van der Waals surface area contributed by atoms with Crippen molar-refractivity contribution in [1.82, 2.24) is 19.9 Å². The monoisotopic (exact) mass is 446 g/mol. The first kappa shape index (κ1) is 21.8. The van der Waals surface area contributed by atoms with E-state index in [9.17, 15) is 22.7 Å². The van der Waals surface area contributed by atoms with Crippen molar-refractivity contribution in [3.8, 4) is 0 Å². The Morgan fingerprint density at radius 1 is 1.19 bits per heavy atom. The predicted molar refractivity (Wildman–Crippen MR) is 112 cm³/mol. The summed E-state index contributed by atoms with van der Waals surface area (Å²) in [6, 6.07) is 8.92. The molecule has 2 aromatic heterocycles. The summed E-state index contributed by atoms with van der Waals surface area (Å²) in [6.07, 6.45) is -3.39. The van der Waals surface area contributed by atoms with E-state index in [2.05, 4.69) is 30.2 Å². The summed E-state index contributed by atoms with van der Waals surface area (Å²) in [5, 5.41) is 13.6. The van der Waals surface area contributed by atoms with Crippen LogP contribution in [-0.4, -0.2) is 43.0 Å². The minimum absolute atomic E-state index is 0.0236. The van der Waals surface area contributed by atoms with Crippen molar-refractivity contribution in [3.05, 3.63) is 48.2 Å². The lowest BCUT2D eigenvalue weighted by molar-refractivity contribution is -0.0591. The summed E-state index contributed by atoms with van der Waals surface area (Å²) in [7, 11) is 0. The van der Waals surface area contributed by atoms with Gasteiger partial charge in [-0.3, -0.25) is 4.98 Å². The third kappa shape index (κ3) is 4.72. The topological polar surface area (TPSA) is 96.2 Å². The highest BCUT2D eigenvalue weighted by Crippen LogP contribution is 2.33. The Morgan fingerprint density at radius 2 is 2.00 bits per heavy atom. The van der Waals surface area contributed by atoms with Crippen molar-refractivity contribution in [3.63, 3.8) is 0 Å². The molecule has 2 heterocycles. The Hall–Kier alpha value is -3.47. The van der Waals surface area contributed by atoms with Gasteiger partial charge < -0.3 is 10.4 Å². The molecule has 1 aliphatic rings. The summed E-state index contributed by atoms with van der Waals surface area (Å²) in [6.45, 7) is 0.787. The van der Waals surface area contributed by atoms with Crippen molar-refractivity contribution in [2.75, 3.05) is 5.32 Å². The van der Waals surface area contributed by atoms with Gasteiger partial charge in [-0.05, 0) is 44.4 Å². The number of fused-ring (bicyclic) bond motifs is 1. The molecule has 1 atom stereocenters. The van der Waals surface area contributed by atoms with Gasteiger partial charge in [-0.2, -0.15) is 28.1 Å². The average Bonchev–Trinajstić information content (AvgIpc) is 2.75. The first-order chi connectivity index (χ1) is 15.2. The largest absolute Gasteiger partial charge is 0.429 e. The number of halogens is 4. The van der Waals surface area contributed by atoms with E-state index >= 15 is 0 Å². The first-order valence-electron chi connectivity index (χ1n) is 9.78. The number of alkyl halides is 3. The van der Waals surface area contributed by atoms with E-state index in [1.807, 2.05) is 6.07 Å². The number of benzene rings is 1. The second-order valence-electron chi connectivity index (χ2n) is 7.25. The molecule has 4 rings (SSSR count). The number of nitrogens with one attached hydrogen (secondary N) is 1. The van der Waals surface area contributed by atoms with Crippen molar-refractivity contribution in [2.45, 2.75) is 38.5 Å². The number of hydrogen-bond donors (Lipinski definition) is 2. The number of hydrogen-bond acceptors (Lipinski definition) is 7. The van der Waals surface area contributed by atoms with E-state index in [1.54, 1.807) is 30.5 Å². The molecule has 3 aromatic rings. The van der Waals surface area contributed by atoms with Gasteiger partial charge in [0.1, 0.15) is 17.6 Å². The van der Waals surface area contributed by atoms with Crippen LogP contribution >= 0.6 is 0 Å². The quantitative estimate of drug-likeness (QED) is 0.430. The number of aliphatic hydroxyl groups excluding tert-OH is 1. The highest BCUT2D eigenvalue weighted by atomic mass is 19.4. The molecule has 0 aliphatic heterocycles. The van der Waals surface area contributed by atoms with E-state index in [-0.39, 0.29) is 30.2 Å². The number of aliphatic imine (C=N–C) groups is 1. The smallest absolute Gasteiger partial charge is 0.386 e. The van der Waals surface area contributed by atoms with Crippen LogP contribution in [0.1, 0.15) is 32.0 Å². The molecule has 0 saturated heterocycles. The van der Waals surface area contributed by atoms with Crippen molar-refractivity contribution >= 4 is 39.8 Å². The number of anilines is 2. The van der Waals surface area contributed by atoms with Crippen LogP contribution in [0.5, 0.6) is 0 Å². The molecule has 7 nitrogen and oxygen atoms in total. The maximum absolute atomic E-state index is 14.5. The molecule has 2 N–H and O–H groups in total. The summed E-state index contributed by atoms with van der Waals surface area (Å²) in [5.74, 6) is -1.61. The SMILES string of the molecule is C/C(=N/c1nc(Nc2ccc3cccnc3c2)nc(C2=C(F)C(O)CCC2)n1)C(F)(F)F. The van der Waals surface area contributed by atoms with Crippen LogP contribution in [0.4, 0.5) is 35.1 Å². The number of rotatable bonds is 4. The molecule has 1 aliphatic carbocycles. The zero-order chi connectivity index (χ0) is 22.9. The highest BCUT2D eigenvalue weighted by Gasteiger charge is 2.32. The standard InChI is InChI=1S/C21H18F4N6O/c1-11(21(23,24)25)27-19-29-18(14-5-2-6-16(32)17(14)22)30-20(31-19)28-13-8-7-12-4-3-9-26-15(12)10-13/h3-4,7-10,16,32H,2,5-6H2,1H3,(H,28,29,30,31)/b27-11-. The molecule has 166 valence electrons. The maximum atomic E-state index is 14.5. The summed E-state index contributed by atoms with van der Waals surface area (Å²) >= 11 is 0. The van der Waals surface area contributed by atoms with Crippen LogP contribution in [-0.2, 0) is 0 Å². The Morgan fingerprint density at radius 3 is 2.78 bits per heavy atom. The summed E-state index contributed by atoms with van der Waals surface area (Å²) in [5.41, 5.74) is 0.0696. The van der Waals surface area contributed by atoms with Crippen LogP contribution < -0.4 is 5.32 Å². The van der Waals surface area contributed by atoms with E-state index in [0.29, 0.717) is 17.6 Å². The lowest BCUT2D eigenvalue weighted by Crippen LogP contribution is -2.19. The molecule has 0 amide bonds. The van der Waals surface area contributed by atoms with Crippen LogP contribution in [0, 0.1) is 0 Å². The minimum atomic E-state index is -4.67. The van der Waals surface area contributed by atoms with E-state index in [0.717, 1.165) is 12.3 Å². The van der Waals surface area contributed by atoms with Gasteiger partial charge in [0.15, 0.2) is 5.82 Å². The third-order valence-electron chi connectivity index (χ3n) is 4.92. The Bertz CT molecular complexity index is 1220. The summed E-state index contributed by atoms with van der Waals surface area (Å²) < 4.78 is 53.4. The molecule has 0 spiro atoms. The molecular formula is C21H18F4N6O. The van der Waals surface area contributed by atoms with Crippen LogP contribution in [0.25, 0.3) is 16.5 Å². The highest BCUT2D eigenvalue weighted by molar-refractivity contribution is 5.89. The first-order valence-corrected chi connectivity index (χ1v) is 9.78. The van der Waals surface area contributed by atoms with Gasteiger partial charge in [-0.25, -0.2) is 9.38 Å². The van der Waals surface area contributed by atoms with E-state index in [4.69, 9.17) is 0 Å². The Balaban J connectivity index is 1.78. The molecule has 0 radical (unpaired) electrons. The fourth-order valence-electron chi connectivity index (χ4n) is 3.23. The molecule has 0 fully saturated rings. The second-order valence-corrected chi connectivity index (χ2v) is 7.25. The predicted octanol–water partition coefficient (Wildman–Crippen LogP) is 5.04. The lowest BCUT2D eigenvalue weighted by Gasteiger charge is -2.19.